The minimum Gasteiger partial charge on any atom is -0.330 e. The maximum Gasteiger partial charge on any atom is 0.332 e. The molecule has 16 heavy (non-hydrogen) atoms. The number of alkyl halides is 4. The van der Waals surface area contributed by atoms with E-state index < -0.39 is 17.9 Å². The summed E-state index contributed by atoms with van der Waals surface area (Å²) in [6, 6.07) is 4.94. The zero-order valence-electron chi connectivity index (χ0n) is 8.60. The van der Waals surface area contributed by atoms with Crippen molar-refractivity contribution in [3.63, 3.8) is 0 Å². The number of halogens is 4. The summed E-state index contributed by atoms with van der Waals surface area (Å²) >= 11 is 0. The molecule has 0 saturated heterocycles. The highest BCUT2D eigenvalue weighted by Crippen LogP contribution is 2.34. The minimum atomic E-state index is -4.08. The summed E-state index contributed by atoms with van der Waals surface area (Å²) in [7, 11) is 0. The zero-order valence-corrected chi connectivity index (χ0v) is 8.60. The van der Waals surface area contributed by atoms with Gasteiger partial charge in [-0.3, -0.25) is 0 Å². The van der Waals surface area contributed by atoms with E-state index in [2.05, 4.69) is 0 Å². The van der Waals surface area contributed by atoms with Crippen molar-refractivity contribution >= 4 is 0 Å². The summed E-state index contributed by atoms with van der Waals surface area (Å²) in [6.07, 6.45) is -2.27. The predicted octanol–water partition coefficient (Wildman–Crippen LogP) is 2.93. The van der Waals surface area contributed by atoms with Crippen LogP contribution in [0.25, 0.3) is 0 Å². The second kappa shape index (κ2) is 5.30. The first-order valence-electron chi connectivity index (χ1n) is 4.94. The lowest BCUT2D eigenvalue weighted by molar-refractivity contribution is -0.135. The Morgan fingerprint density at radius 2 is 1.69 bits per heavy atom. The van der Waals surface area contributed by atoms with Gasteiger partial charge >= 0.3 is 12.3 Å². The van der Waals surface area contributed by atoms with Crippen LogP contribution in [0.1, 0.15) is 17.5 Å². The summed E-state index contributed by atoms with van der Waals surface area (Å²) in [4.78, 5) is 0. The van der Waals surface area contributed by atoms with Gasteiger partial charge in [-0.05, 0) is 24.9 Å². The van der Waals surface area contributed by atoms with Crippen LogP contribution in [0.5, 0.6) is 0 Å². The Kier molecular flexibility index (Phi) is 4.29. The number of hydrogen-bond acceptors (Lipinski definition) is 1. The predicted molar refractivity (Wildman–Crippen MR) is 53.7 cm³/mol. The first-order valence-corrected chi connectivity index (χ1v) is 4.94. The fraction of sp³-hybridized carbons (Fsp3) is 0.455. The Morgan fingerprint density at radius 1 is 1.12 bits per heavy atom. The van der Waals surface area contributed by atoms with Crippen LogP contribution in [0.15, 0.2) is 24.3 Å². The summed E-state index contributed by atoms with van der Waals surface area (Å²) in [6.45, 7) is 0.509. The number of benzene rings is 1. The van der Waals surface area contributed by atoms with Crippen molar-refractivity contribution in [2.24, 2.45) is 5.73 Å². The van der Waals surface area contributed by atoms with Crippen LogP contribution in [-0.2, 0) is 12.3 Å². The highest BCUT2D eigenvalue weighted by Gasteiger charge is 2.42. The fourth-order valence-electron chi connectivity index (χ4n) is 1.33. The largest absolute Gasteiger partial charge is 0.332 e. The van der Waals surface area contributed by atoms with Gasteiger partial charge in [-0.2, -0.15) is 8.78 Å². The van der Waals surface area contributed by atoms with Gasteiger partial charge in [-0.15, -0.1) is 0 Å². The molecule has 0 amide bonds. The van der Waals surface area contributed by atoms with E-state index in [1.54, 1.807) is 0 Å². The number of nitrogens with two attached hydrogens (primary N) is 1. The van der Waals surface area contributed by atoms with Gasteiger partial charge in [0.25, 0.3) is 0 Å². The molecule has 1 aromatic rings. The van der Waals surface area contributed by atoms with Gasteiger partial charge in [0, 0.05) is 5.56 Å². The van der Waals surface area contributed by atoms with E-state index in [0.29, 0.717) is 13.0 Å². The molecule has 0 aromatic heterocycles. The van der Waals surface area contributed by atoms with Crippen molar-refractivity contribution < 1.29 is 17.6 Å². The molecule has 0 radical (unpaired) electrons. The molecule has 0 bridgehead atoms. The lowest BCUT2D eigenvalue weighted by Gasteiger charge is -2.15. The van der Waals surface area contributed by atoms with E-state index >= 15 is 0 Å². The Balaban J connectivity index is 2.78. The second-order valence-corrected chi connectivity index (χ2v) is 3.51. The van der Waals surface area contributed by atoms with Crippen LogP contribution in [0.2, 0.25) is 0 Å². The van der Waals surface area contributed by atoms with E-state index in [9.17, 15) is 17.6 Å². The van der Waals surface area contributed by atoms with Gasteiger partial charge in [-0.1, -0.05) is 24.3 Å². The van der Waals surface area contributed by atoms with Crippen LogP contribution in [-0.4, -0.2) is 13.0 Å². The van der Waals surface area contributed by atoms with Crippen LogP contribution in [0, 0.1) is 0 Å². The molecule has 0 unspecified atom stereocenters. The Hall–Kier alpha value is -1.10. The molecule has 0 spiro atoms. The van der Waals surface area contributed by atoms with Gasteiger partial charge < -0.3 is 5.73 Å². The van der Waals surface area contributed by atoms with Gasteiger partial charge in [-0.25, -0.2) is 8.78 Å². The summed E-state index contributed by atoms with van der Waals surface area (Å²) in [5.41, 5.74) is 5.46. The molecule has 5 heteroatoms. The van der Waals surface area contributed by atoms with E-state index in [-0.39, 0.29) is 0 Å². The van der Waals surface area contributed by atoms with Crippen molar-refractivity contribution in [3.8, 4) is 0 Å². The Morgan fingerprint density at radius 3 is 2.12 bits per heavy atom. The first-order chi connectivity index (χ1) is 7.48. The third-order valence-electron chi connectivity index (χ3n) is 2.28. The SMILES string of the molecule is NCCCc1ccc(C(F)(F)C(F)F)cc1. The maximum absolute atomic E-state index is 12.9. The molecule has 0 fully saturated rings. The lowest BCUT2D eigenvalue weighted by atomic mass is 10.0. The summed E-state index contributed by atoms with van der Waals surface area (Å²) in [5.74, 6) is -4.08. The number of aryl methyl sites for hydroxylation is 1. The van der Waals surface area contributed by atoms with Crippen molar-refractivity contribution in [3.05, 3.63) is 35.4 Å². The second-order valence-electron chi connectivity index (χ2n) is 3.51. The van der Waals surface area contributed by atoms with E-state index in [1.165, 1.54) is 12.1 Å². The van der Waals surface area contributed by atoms with Gasteiger partial charge in [0.05, 0.1) is 0 Å². The number of rotatable bonds is 5. The molecule has 0 saturated carbocycles. The third-order valence-corrected chi connectivity index (χ3v) is 2.28. The maximum atomic E-state index is 12.9. The molecular formula is C11H13F4N. The van der Waals surface area contributed by atoms with Crippen LogP contribution >= 0.6 is 0 Å². The standard InChI is InChI=1S/C11H13F4N/c12-10(13)11(14,15)9-5-3-8(4-6-9)2-1-7-16/h3-6,10H,1-2,7,16H2. The molecule has 0 atom stereocenters. The average Bonchev–Trinajstić information content (AvgIpc) is 2.26. The number of hydrogen-bond donors (Lipinski definition) is 1. The molecule has 2 N–H and O–H groups in total. The Bertz CT molecular complexity index is 321. The normalized spacial score (nSPS) is 12.1. The summed E-state index contributed by atoms with van der Waals surface area (Å²) < 4.78 is 49.9. The van der Waals surface area contributed by atoms with Crippen molar-refractivity contribution in [1.29, 1.82) is 0 Å². The van der Waals surface area contributed by atoms with E-state index in [0.717, 1.165) is 24.1 Å². The highest BCUT2D eigenvalue weighted by atomic mass is 19.3. The molecule has 90 valence electrons. The smallest absolute Gasteiger partial charge is 0.330 e. The third kappa shape index (κ3) is 2.95. The molecule has 0 heterocycles. The molecule has 0 aliphatic rings. The summed E-state index contributed by atoms with van der Waals surface area (Å²) in [5, 5.41) is 0. The van der Waals surface area contributed by atoms with Crippen LogP contribution < -0.4 is 5.73 Å². The topological polar surface area (TPSA) is 26.0 Å². The molecule has 1 nitrogen and oxygen atoms in total. The van der Waals surface area contributed by atoms with E-state index in [4.69, 9.17) is 5.73 Å². The molecule has 0 aliphatic carbocycles. The van der Waals surface area contributed by atoms with Crippen molar-refractivity contribution in [1.82, 2.24) is 0 Å². The van der Waals surface area contributed by atoms with Gasteiger partial charge in [0.15, 0.2) is 0 Å². The van der Waals surface area contributed by atoms with Crippen LogP contribution in [0.4, 0.5) is 17.6 Å². The first kappa shape index (κ1) is 13.0. The van der Waals surface area contributed by atoms with Gasteiger partial charge in [0.2, 0.25) is 0 Å². The molecule has 1 rings (SSSR count). The highest BCUT2D eigenvalue weighted by molar-refractivity contribution is 5.26. The average molecular weight is 235 g/mol. The van der Waals surface area contributed by atoms with Crippen molar-refractivity contribution in [2.45, 2.75) is 25.2 Å². The fourth-order valence-corrected chi connectivity index (χ4v) is 1.33. The molecule has 1 aromatic carbocycles. The van der Waals surface area contributed by atoms with Gasteiger partial charge in [0.1, 0.15) is 0 Å². The Labute approximate surface area is 91.3 Å². The molecular weight excluding hydrogens is 222 g/mol. The molecule has 0 aliphatic heterocycles. The minimum absolute atomic E-state index is 0.509. The quantitative estimate of drug-likeness (QED) is 0.780. The monoisotopic (exact) mass is 235 g/mol. The van der Waals surface area contributed by atoms with Crippen molar-refractivity contribution in [2.75, 3.05) is 6.54 Å². The van der Waals surface area contributed by atoms with Crippen LogP contribution in [0.3, 0.4) is 0 Å². The lowest BCUT2D eigenvalue weighted by Crippen LogP contribution is -2.23. The zero-order chi connectivity index (χ0) is 12.2. The van der Waals surface area contributed by atoms with E-state index in [1.807, 2.05) is 0 Å².